The third-order valence-corrected chi connectivity index (χ3v) is 7.57. The van der Waals surface area contributed by atoms with Gasteiger partial charge < -0.3 is 14.5 Å². The van der Waals surface area contributed by atoms with Gasteiger partial charge in [0.1, 0.15) is 19.3 Å². The second-order valence-corrected chi connectivity index (χ2v) is 10.1. The van der Waals surface area contributed by atoms with Gasteiger partial charge in [-0.25, -0.2) is 4.68 Å². The van der Waals surface area contributed by atoms with E-state index in [2.05, 4.69) is 32.3 Å². The van der Waals surface area contributed by atoms with E-state index >= 15 is 0 Å². The summed E-state index contributed by atoms with van der Waals surface area (Å²) in [5.41, 5.74) is 1.33. The smallest absolute Gasteiger partial charge is 0.253 e. The van der Waals surface area contributed by atoms with Gasteiger partial charge in [0.05, 0.1) is 11.6 Å². The molecule has 3 aromatic rings. The fourth-order valence-electron chi connectivity index (χ4n) is 5.89. The molecular formula is C25H32N6O3. The largest absolute Gasteiger partial charge is 0.486 e. The van der Waals surface area contributed by atoms with Gasteiger partial charge in [-0.05, 0) is 60.7 Å². The molecule has 9 nitrogen and oxygen atoms in total. The molecule has 1 aliphatic carbocycles. The SMILES string of the molecule is C[C@@H]1CCCN([C@@H](c2cc3cc4c(cc3[nH]c2=O)OCCO4)c2nnnn2C2CCCCC2)C1. The van der Waals surface area contributed by atoms with E-state index in [-0.39, 0.29) is 11.6 Å². The zero-order chi connectivity index (χ0) is 23.1. The molecule has 0 spiro atoms. The molecule has 1 aromatic carbocycles. The fraction of sp³-hybridized carbons (Fsp3) is 0.600. The van der Waals surface area contributed by atoms with Gasteiger partial charge in [0.25, 0.3) is 5.56 Å². The molecule has 2 atom stereocenters. The summed E-state index contributed by atoms with van der Waals surface area (Å²) in [6.07, 6.45) is 8.12. The minimum Gasteiger partial charge on any atom is -0.486 e. The molecule has 2 aliphatic heterocycles. The first-order chi connectivity index (χ1) is 16.7. The Morgan fingerprint density at radius 3 is 2.62 bits per heavy atom. The molecule has 0 amide bonds. The number of likely N-dealkylation sites (tertiary alicyclic amines) is 1. The minimum absolute atomic E-state index is 0.106. The van der Waals surface area contributed by atoms with E-state index in [0.29, 0.717) is 42.2 Å². The lowest BCUT2D eigenvalue weighted by atomic mass is 9.93. The van der Waals surface area contributed by atoms with Crippen molar-refractivity contribution < 1.29 is 9.47 Å². The highest BCUT2D eigenvalue weighted by molar-refractivity contribution is 5.83. The van der Waals surface area contributed by atoms with Crippen LogP contribution in [0.15, 0.2) is 23.0 Å². The van der Waals surface area contributed by atoms with Crippen LogP contribution in [-0.2, 0) is 0 Å². The van der Waals surface area contributed by atoms with Gasteiger partial charge >= 0.3 is 0 Å². The van der Waals surface area contributed by atoms with Crippen molar-refractivity contribution >= 4 is 10.9 Å². The van der Waals surface area contributed by atoms with Crippen LogP contribution in [0, 0.1) is 5.92 Å². The predicted molar refractivity (Wildman–Crippen MR) is 127 cm³/mol. The van der Waals surface area contributed by atoms with Crippen LogP contribution in [0.1, 0.15) is 75.3 Å². The number of nitrogens with zero attached hydrogens (tertiary/aromatic N) is 5. The Morgan fingerprint density at radius 2 is 1.82 bits per heavy atom. The Morgan fingerprint density at radius 1 is 1.03 bits per heavy atom. The lowest BCUT2D eigenvalue weighted by molar-refractivity contribution is 0.138. The maximum absolute atomic E-state index is 13.5. The maximum atomic E-state index is 13.5. The van der Waals surface area contributed by atoms with Gasteiger partial charge in [-0.3, -0.25) is 9.69 Å². The van der Waals surface area contributed by atoms with Gasteiger partial charge in [-0.15, -0.1) is 5.10 Å². The molecule has 1 saturated carbocycles. The average molecular weight is 465 g/mol. The monoisotopic (exact) mass is 464 g/mol. The first-order valence-corrected chi connectivity index (χ1v) is 12.7. The van der Waals surface area contributed by atoms with Crippen LogP contribution in [-0.4, -0.2) is 56.4 Å². The predicted octanol–water partition coefficient (Wildman–Crippen LogP) is 3.61. The molecule has 0 radical (unpaired) electrons. The highest BCUT2D eigenvalue weighted by Crippen LogP contribution is 2.37. The van der Waals surface area contributed by atoms with E-state index < -0.39 is 0 Å². The third kappa shape index (κ3) is 3.96. The summed E-state index contributed by atoms with van der Waals surface area (Å²) in [5, 5.41) is 14.0. The normalized spacial score (nSPS) is 22.7. The molecule has 9 heteroatoms. The quantitative estimate of drug-likeness (QED) is 0.630. The Hall–Kier alpha value is -2.94. The molecule has 4 heterocycles. The van der Waals surface area contributed by atoms with Gasteiger partial charge in [0.2, 0.25) is 0 Å². The number of ether oxygens (including phenoxy) is 2. The second kappa shape index (κ2) is 9.02. The summed E-state index contributed by atoms with van der Waals surface area (Å²) in [6, 6.07) is 5.82. The topological polar surface area (TPSA) is 98.2 Å². The van der Waals surface area contributed by atoms with Crippen molar-refractivity contribution in [2.45, 2.75) is 64.0 Å². The van der Waals surface area contributed by atoms with Gasteiger partial charge in [-0.2, -0.15) is 0 Å². The van der Waals surface area contributed by atoms with Crippen LogP contribution in [0.2, 0.25) is 0 Å². The summed E-state index contributed by atoms with van der Waals surface area (Å²) in [6.45, 7) is 5.16. The average Bonchev–Trinajstić information content (AvgIpc) is 3.33. The number of benzene rings is 1. The number of piperidine rings is 1. The standard InChI is InChI=1S/C25H32N6O3/c1-16-6-5-9-30(15-16)23(24-27-28-29-31(24)18-7-3-2-4-8-18)19-12-17-13-21-22(34-11-10-33-21)14-20(17)26-25(19)32/h12-14,16,18,23H,2-11,15H2,1H3,(H,26,32)/t16-,23+/m1/s1. The molecule has 1 N–H and O–H groups in total. The molecule has 3 aliphatic rings. The Bertz CT molecular complexity index is 1230. The van der Waals surface area contributed by atoms with E-state index in [1.54, 1.807) is 0 Å². The fourth-order valence-corrected chi connectivity index (χ4v) is 5.89. The highest BCUT2D eigenvalue weighted by Gasteiger charge is 2.34. The van der Waals surface area contributed by atoms with Crippen LogP contribution in [0.4, 0.5) is 0 Å². The Labute approximate surface area is 198 Å². The van der Waals surface area contributed by atoms with Crippen LogP contribution in [0.3, 0.4) is 0 Å². The van der Waals surface area contributed by atoms with E-state index in [4.69, 9.17) is 9.47 Å². The van der Waals surface area contributed by atoms with Crippen LogP contribution in [0.25, 0.3) is 10.9 Å². The van der Waals surface area contributed by atoms with Crippen molar-refractivity contribution in [2.24, 2.45) is 5.92 Å². The molecule has 34 heavy (non-hydrogen) atoms. The zero-order valence-corrected chi connectivity index (χ0v) is 19.7. The third-order valence-electron chi connectivity index (χ3n) is 7.57. The number of rotatable bonds is 4. The van der Waals surface area contributed by atoms with Crippen LogP contribution < -0.4 is 15.0 Å². The van der Waals surface area contributed by atoms with Gasteiger partial charge in [-0.1, -0.05) is 26.2 Å². The van der Waals surface area contributed by atoms with E-state index in [1.165, 1.54) is 25.7 Å². The van der Waals surface area contributed by atoms with Crippen molar-refractivity contribution in [3.63, 3.8) is 0 Å². The number of pyridine rings is 1. The first kappa shape index (κ1) is 21.6. The van der Waals surface area contributed by atoms with E-state index in [9.17, 15) is 4.79 Å². The number of aromatic amines is 1. The summed E-state index contributed by atoms with van der Waals surface area (Å²) in [4.78, 5) is 19.0. The Balaban J connectivity index is 1.48. The van der Waals surface area contributed by atoms with Crippen molar-refractivity contribution in [1.29, 1.82) is 0 Å². The first-order valence-electron chi connectivity index (χ1n) is 12.7. The summed E-state index contributed by atoms with van der Waals surface area (Å²) < 4.78 is 13.5. The zero-order valence-electron chi connectivity index (χ0n) is 19.7. The summed E-state index contributed by atoms with van der Waals surface area (Å²) in [5.74, 6) is 2.73. The molecule has 6 rings (SSSR count). The number of hydrogen-bond acceptors (Lipinski definition) is 7. The molecule has 1 saturated heterocycles. The number of hydrogen-bond donors (Lipinski definition) is 1. The van der Waals surface area contributed by atoms with Crippen LogP contribution >= 0.6 is 0 Å². The number of aromatic nitrogens is 5. The Kier molecular flexibility index (Phi) is 5.72. The molecule has 180 valence electrons. The van der Waals surface area contributed by atoms with Gasteiger partial charge in [0.15, 0.2) is 17.3 Å². The maximum Gasteiger partial charge on any atom is 0.253 e. The van der Waals surface area contributed by atoms with Crippen molar-refractivity contribution in [1.82, 2.24) is 30.1 Å². The van der Waals surface area contributed by atoms with Crippen molar-refractivity contribution in [3.8, 4) is 11.5 Å². The molecular weight excluding hydrogens is 432 g/mol. The van der Waals surface area contributed by atoms with Gasteiger partial charge in [0, 0.05) is 23.6 Å². The lowest BCUT2D eigenvalue weighted by Gasteiger charge is -2.37. The molecule has 2 aromatic heterocycles. The summed E-state index contributed by atoms with van der Waals surface area (Å²) >= 11 is 0. The lowest BCUT2D eigenvalue weighted by Crippen LogP contribution is -2.41. The molecule has 0 bridgehead atoms. The van der Waals surface area contributed by atoms with Crippen LogP contribution in [0.5, 0.6) is 11.5 Å². The number of fused-ring (bicyclic) bond motifs is 2. The molecule has 2 fully saturated rings. The second-order valence-electron chi connectivity index (χ2n) is 10.1. The van der Waals surface area contributed by atoms with E-state index in [1.807, 2.05) is 22.9 Å². The number of tetrazole rings is 1. The van der Waals surface area contributed by atoms with Crippen molar-refractivity contribution in [3.05, 3.63) is 39.9 Å². The van der Waals surface area contributed by atoms with Crippen molar-refractivity contribution in [2.75, 3.05) is 26.3 Å². The number of H-pyrrole nitrogens is 1. The van der Waals surface area contributed by atoms with E-state index in [0.717, 1.165) is 49.1 Å². The number of nitrogens with one attached hydrogen (secondary N) is 1. The highest BCUT2D eigenvalue weighted by atomic mass is 16.6. The minimum atomic E-state index is -0.291. The molecule has 0 unspecified atom stereocenters. The summed E-state index contributed by atoms with van der Waals surface area (Å²) in [7, 11) is 0.